The number of aromatic nitrogens is 6. The van der Waals surface area contributed by atoms with E-state index in [1.807, 2.05) is 0 Å². The maximum absolute atomic E-state index is 5.72. The molecule has 0 aliphatic carbocycles. The van der Waals surface area contributed by atoms with Crippen LogP contribution in [0.25, 0.3) is 240 Å². The summed E-state index contributed by atoms with van der Waals surface area (Å²) in [4.78, 5) is 33.3. The highest BCUT2D eigenvalue weighted by molar-refractivity contribution is 7.26. The monoisotopic (exact) mass is 1530 g/mol. The minimum absolute atomic E-state index is 0.593. The second-order valence-corrected chi connectivity index (χ2v) is 32.4. The molecule has 0 atom stereocenters. The van der Waals surface area contributed by atoms with Crippen molar-refractivity contribution in [3.8, 4) is 146 Å². The molecule has 0 radical (unpaired) electrons. The maximum atomic E-state index is 5.72. The Balaban J connectivity index is 0.641. The van der Waals surface area contributed by atoms with E-state index in [9.17, 15) is 0 Å². The molecule has 0 fully saturated rings. The molecule has 0 bridgehead atoms. The Morgan fingerprint density at radius 3 is 1.10 bits per heavy atom. The first-order valence-corrected chi connectivity index (χ1v) is 41.5. The fourth-order valence-corrected chi connectivity index (χ4v) is 20.0. The Labute approximate surface area is 688 Å². The number of rotatable bonds is 13. The van der Waals surface area contributed by atoms with Crippen LogP contribution in [-0.4, -0.2) is 29.9 Å². The molecule has 0 aliphatic heterocycles. The lowest BCUT2D eigenvalue weighted by Gasteiger charge is -2.16. The summed E-state index contributed by atoms with van der Waals surface area (Å²) in [7, 11) is 0. The SMILES string of the molecule is c1ccc(-c2ccc3ccc(-c4ccc(-c5nc(-c6ccc(-c7ccccc7)c7ccccc67)nc(-c6cc(-c7cccc(-c8cccc(-c9ccc%10cccc(-c%11nc(-c%12ccc(-c%13cccc%14ccccc%13%14)cc%12)nc(-c%12cccc%13c%12sc%12ccccc%12%13)n%11)c%10c9)c8)c7)cc7c6sc6ccccc67)n5)c5ccccc45)cc3c2)cc1. The molecule has 23 aromatic rings. The molecule has 0 saturated carbocycles. The van der Waals surface area contributed by atoms with Crippen molar-refractivity contribution in [1.82, 2.24) is 29.9 Å². The van der Waals surface area contributed by atoms with Gasteiger partial charge in [0, 0.05) is 73.7 Å². The normalized spacial score (nSPS) is 11.7. The van der Waals surface area contributed by atoms with Gasteiger partial charge in [0.1, 0.15) is 0 Å². The van der Waals surface area contributed by atoms with Crippen molar-refractivity contribution in [2.24, 2.45) is 0 Å². The Bertz CT molecular complexity index is 8000. The van der Waals surface area contributed by atoms with Crippen LogP contribution in [-0.2, 0) is 0 Å². The van der Waals surface area contributed by atoms with Gasteiger partial charge in [0.25, 0.3) is 0 Å². The molecule has 19 aromatic carbocycles. The lowest BCUT2D eigenvalue weighted by atomic mass is 9.92. The van der Waals surface area contributed by atoms with Gasteiger partial charge in [0.15, 0.2) is 34.9 Å². The number of nitrogens with zero attached hydrogens (tertiary/aromatic N) is 6. The molecule has 6 nitrogen and oxygen atoms in total. The van der Waals surface area contributed by atoms with Gasteiger partial charge >= 0.3 is 0 Å². The number of benzene rings is 19. The minimum atomic E-state index is 0.593. The molecule has 0 N–H and O–H groups in total. The standard InChI is InChI=1S/C110H66N6S2/c1-3-22-67(23-4-1)78-53-46-68-47-55-80(63-81(68)62-78)86-57-59-96(90-37-12-10-35-88(86)90)108-113-107(95-58-56-85(69-24-5-2-6-25-69)87-34-9-11-36-89(87)95)115-110(116-108)100-66-82(65-99-92-39-14-16-45-102(92)118-104(99)100)77-32-18-30-75(61-77)74-29-17-31-76(60-74)79-54-50-71-28-20-42-94(98(71)64-79)106-111-105(73-51-48-72(49-52-73)84-40-19-27-70-26-7-8-33-83(70)84)112-109(114-106)97-43-21-41-93-91-38-13-15-44-101(91)117-103(93)97/h1-66H. The van der Waals surface area contributed by atoms with E-state index < -0.39 is 0 Å². The fraction of sp³-hybridized carbons (Fsp3) is 0. The minimum Gasteiger partial charge on any atom is -0.208 e. The van der Waals surface area contributed by atoms with Crippen molar-refractivity contribution in [1.29, 1.82) is 0 Å². The number of fused-ring (bicyclic) bond motifs is 11. The average molecular weight is 1540 g/mol. The van der Waals surface area contributed by atoms with Crippen LogP contribution < -0.4 is 0 Å². The van der Waals surface area contributed by atoms with Crippen LogP contribution in [0.3, 0.4) is 0 Å². The molecule has 548 valence electrons. The van der Waals surface area contributed by atoms with Gasteiger partial charge in [-0.25, -0.2) is 29.9 Å². The Hall–Kier alpha value is -15.1. The molecule has 4 aromatic heterocycles. The van der Waals surface area contributed by atoms with Crippen LogP contribution in [0.15, 0.2) is 400 Å². The largest absolute Gasteiger partial charge is 0.208 e. The smallest absolute Gasteiger partial charge is 0.165 e. The van der Waals surface area contributed by atoms with E-state index in [1.54, 1.807) is 22.7 Å². The Morgan fingerprint density at radius 2 is 0.475 bits per heavy atom. The van der Waals surface area contributed by atoms with E-state index in [-0.39, 0.29) is 0 Å². The van der Waals surface area contributed by atoms with E-state index in [0.29, 0.717) is 34.9 Å². The summed E-state index contributed by atoms with van der Waals surface area (Å²) >= 11 is 3.56. The second kappa shape index (κ2) is 28.5. The van der Waals surface area contributed by atoms with Gasteiger partial charge < -0.3 is 0 Å². The molecule has 0 amide bonds. The molecule has 0 aliphatic rings. The predicted octanol–water partition coefficient (Wildman–Crippen LogP) is 30.2. The first kappa shape index (κ1) is 68.5. The second-order valence-electron chi connectivity index (χ2n) is 30.3. The lowest BCUT2D eigenvalue weighted by Crippen LogP contribution is -2.02. The molecule has 118 heavy (non-hydrogen) atoms. The topological polar surface area (TPSA) is 77.3 Å². The van der Waals surface area contributed by atoms with Crippen molar-refractivity contribution >= 4 is 117 Å². The van der Waals surface area contributed by atoms with E-state index in [0.717, 1.165) is 142 Å². The maximum Gasteiger partial charge on any atom is 0.165 e. The summed E-state index contributed by atoms with van der Waals surface area (Å²) in [5.41, 5.74) is 21.3. The van der Waals surface area contributed by atoms with Crippen LogP contribution in [0.2, 0.25) is 0 Å². The molecular weight excluding hydrogens is 1470 g/mol. The zero-order valence-electron chi connectivity index (χ0n) is 63.6. The highest BCUT2D eigenvalue weighted by Crippen LogP contribution is 2.47. The zero-order valence-corrected chi connectivity index (χ0v) is 65.2. The third kappa shape index (κ3) is 12.1. The first-order chi connectivity index (χ1) is 58.4. The highest BCUT2D eigenvalue weighted by atomic mass is 32.1. The van der Waals surface area contributed by atoms with Crippen molar-refractivity contribution in [2.45, 2.75) is 0 Å². The highest BCUT2D eigenvalue weighted by Gasteiger charge is 2.25. The van der Waals surface area contributed by atoms with Crippen LogP contribution >= 0.6 is 22.7 Å². The zero-order chi connectivity index (χ0) is 77.7. The van der Waals surface area contributed by atoms with E-state index >= 15 is 0 Å². The van der Waals surface area contributed by atoms with Crippen LogP contribution in [0.1, 0.15) is 0 Å². The molecule has 23 rings (SSSR count). The number of hydrogen-bond acceptors (Lipinski definition) is 8. The van der Waals surface area contributed by atoms with Gasteiger partial charge in [0.05, 0.1) is 0 Å². The van der Waals surface area contributed by atoms with Gasteiger partial charge in [-0.15, -0.1) is 22.7 Å². The molecule has 8 heteroatoms. The molecule has 0 saturated heterocycles. The summed E-state index contributed by atoms with van der Waals surface area (Å²) in [5, 5.41) is 16.0. The van der Waals surface area contributed by atoms with E-state index in [4.69, 9.17) is 29.9 Å². The lowest BCUT2D eigenvalue weighted by molar-refractivity contribution is 1.08. The fourth-order valence-electron chi connectivity index (χ4n) is 17.6. The first-order valence-electron chi connectivity index (χ1n) is 39.8. The molecule has 0 spiro atoms. The van der Waals surface area contributed by atoms with Crippen LogP contribution in [0.5, 0.6) is 0 Å². The van der Waals surface area contributed by atoms with Crippen LogP contribution in [0.4, 0.5) is 0 Å². The van der Waals surface area contributed by atoms with Gasteiger partial charge in [-0.05, 0) is 205 Å². The van der Waals surface area contributed by atoms with Crippen molar-refractivity contribution in [2.75, 3.05) is 0 Å². The summed E-state index contributed by atoms with van der Waals surface area (Å²) in [6, 6.07) is 145. The van der Waals surface area contributed by atoms with Gasteiger partial charge in [0.2, 0.25) is 0 Å². The summed E-state index contributed by atoms with van der Waals surface area (Å²) in [5.74, 6) is 3.63. The predicted molar refractivity (Wildman–Crippen MR) is 497 cm³/mol. The summed E-state index contributed by atoms with van der Waals surface area (Å²) < 4.78 is 4.67. The summed E-state index contributed by atoms with van der Waals surface area (Å²) in [6.45, 7) is 0. The Kier molecular flexibility index (Phi) is 16.5. The van der Waals surface area contributed by atoms with Crippen molar-refractivity contribution < 1.29 is 0 Å². The number of hydrogen-bond donors (Lipinski definition) is 0. The third-order valence-electron chi connectivity index (χ3n) is 23.4. The molecule has 4 heterocycles. The van der Waals surface area contributed by atoms with Crippen molar-refractivity contribution in [3.05, 3.63) is 400 Å². The number of thiophene rings is 2. The van der Waals surface area contributed by atoms with Crippen LogP contribution in [0, 0.1) is 0 Å². The Morgan fingerprint density at radius 1 is 0.136 bits per heavy atom. The van der Waals surface area contributed by atoms with E-state index in [2.05, 4.69) is 400 Å². The molecular formula is C110H66N6S2. The average Bonchev–Trinajstić information content (AvgIpc) is 1.02. The third-order valence-corrected chi connectivity index (χ3v) is 25.8. The summed E-state index contributed by atoms with van der Waals surface area (Å²) in [6.07, 6.45) is 0. The van der Waals surface area contributed by atoms with Gasteiger partial charge in [-0.1, -0.05) is 328 Å². The quantitative estimate of drug-likeness (QED) is 0.114. The van der Waals surface area contributed by atoms with Gasteiger partial charge in [-0.3, -0.25) is 0 Å². The van der Waals surface area contributed by atoms with Gasteiger partial charge in [-0.2, -0.15) is 0 Å². The van der Waals surface area contributed by atoms with E-state index in [1.165, 1.54) is 63.8 Å². The van der Waals surface area contributed by atoms with Crippen molar-refractivity contribution in [3.63, 3.8) is 0 Å². The molecule has 0 unspecified atom stereocenters.